The van der Waals surface area contributed by atoms with Crippen LogP contribution in [-0.4, -0.2) is 36.4 Å². The minimum absolute atomic E-state index is 0.145. The Morgan fingerprint density at radius 2 is 1.88 bits per heavy atom. The van der Waals surface area contributed by atoms with E-state index >= 15 is 0 Å². The second-order valence-corrected chi connectivity index (χ2v) is 6.94. The SMILES string of the molecule is CCN(CC)c1nc(-c2ccc(SC)s2)nc(OC)c1C(F)(F)F. The highest BCUT2D eigenvalue weighted by molar-refractivity contribution is 8.00. The van der Waals surface area contributed by atoms with Crippen LogP contribution in [0.1, 0.15) is 19.4 Å². The maximum Gasteiger partial charge on any atom is 0.425 e. The van der Waals surface area contributed by atoms with E-state index in [9.17, 15) is 13.2 Å². The van der Waals surface area contributed by atoms with Gasteiger partial charge in [0.2, 0.25) is 5.88 Å². The number of alkyl halides is 3. The van der Waals surface area contributed by atoms with Crippen molar-refractivity contribution in [2.24, 2.45) is 0 Å². The summed E-state index contributed by atoms with van der Waals surface area (Å²) in [7, 11) is 1.19. The van der Waals surface area contributed by atoms with E-state index < -0.39 is 17.6 Å². The Morgan fingerprint density at radius 1 is 1.21 bits per heavy atom. The topological polar surface area (TPSA) is 38.2 Å². The van der Waals surface area contributed by atoms with Gasteiger partial charge in [-0.3, -0.25) is 0 Å². The van der Waals surface area contributed by atoms with Crippen molar-refractivity contribution in [3.8, 4) is 16.6 Å². The summed E-state index contributed by atoms with van der Waals surface area (Å²) in [6.45, 7) is 4.38. The summed E-state index contributed by atoms with van der Waals surface area (Å²) < 4.78 is 46.6. The number of thiophene rings is 1. The predicted octanol–water partition coefficient (Wildman–Crippen LogP) is 4.80. The van der Waals surface area contributed by atoms with Crippen LogP contribution < -0.4 is 9.64 Å². The van der Waals surface area contributed by atoms with E-state index in [4.69, 9.17) is 4.74 Å². The quantitative estimate of drug-likeness (QED) is 0.676. The van der Waals surface area contributed by atoms with E-state index in [1.807, 2.05) is 18.4 Å². The average Bonchev–Trinajstić information content (AvgIpc) is 3.03. The Balaban J connectivity index is 2.69. The Labute approximate surface area is 147 Å². The highest BCUT2D eigenvalue weighted by atomic mass is 32.2. The molecule has 0 aliphatic heterocycles. The summed E-state index contributed by atoms with van der Waals surface area (Å²) in [6, 6.07) is 3.71. The molecule has 4 nitrogen and oxygen atoms in total. The van der Waals surface area contributed by atoms with Crippen molar-refractivity contribution in [2.75, 3.05) is 31.4 Å². The first-order valence-electron chi connectivity index (χ1n) is 7.28. The molecule has 9 heteroatoms. The fourth-order valence-corrected chi connectivity index (χ4v) is 3.72. The molecule has 0 aliphatic rings. The van der Waals surface area contributed by atoms with Crippen LogP contribution in [0.3, 0.4) is 0 Å². The first kappa shape index (κ1) is 18.9. The van der Waals surface area contributed by atoms with Gasteiger partial charge in [0, 0.05) is 13.1 Å². The minimum atomic E-state index is -4.60. The van der Waals surface area contributed by atoms with E-state index in [0.717, 1.165) is 4.21 Å². The summed E-state index contributed by atoms with van der Waals surface area (Å²) in [6.07, 6.45) is -2.66. The molecule has 2 aromatic rings. The van der Waals surface area contributed by atoms with Gasteiger partial charge in [0.15, 0.2) is 11.4 Å². The molecule has 132 valence electrons. The molecular formula is C15H18F3N3OS2. The Bertz CT molecular complexity index is 700. The van der Waals surface area contributed by atoms with Crippen molar-refractivity contribution in [2.45, 2.75) is 24.2 Å². The lowest BCUT2D eigenvalue weighted by molar-refractivity contribution is -0.138. The van der Waals surface area contributed by atoms with Crippen LogP contribution in [0.25, 0.3) is 10.7 Å². The fraction of sp³-hybridized carbons (Fsp3) is 0.467. The Morgan fingerprint density at radius 3 is 2.33 bits per heavy atom. The largest absolute Gasteiger partial charge is 0.480 e. The number of methoxy groups -OCH3 is 1. The lowest BCUT2D eigenvalue weighted by Gasteiger charge is -2.25. The Kier molecular flexibility index (Phi) is 5.97. The minimum Gasteiger partial charge on any atom is -0.480 e. The van der Waals surface area contributed by atoms with Gasteiger partial charge in [-0.2, -0.15) is 18.2 Å². The Hall–Kier alpha value is -1.48. The van der Waals surface area contributed by atoms with Crippen LogP contribution in [0.5, 0.6) is 5.88 Å². The van der Waals surface area contributed by atoms with Gasteiger partial charge in [-0.15, -0.1) is 23.1 Å². The van der Waals surface area contributed by atoms with Gasteiger partial charge < -0.3 is 9.64 Å². The van der Waals surface area contributed by atoms with Crippen LogP contribution in [-0.2, 0) is 6.18 Å². The fourth-order valence-electron chi connectivity index (χ4n) is 2.24. The van der Waals surface area contributed by atoms with Crippen molar-refractivity contribution < 1.29 is 17.9 Å². The van der Waals surface area contributed by atoms with Crippen molar-refractivity contribution in [3.05, 3.63) is 17.7 Å². The van der Waals surface area contributed by atoms with Crippen molar-refractivity contribution in [1.29, 1.82) is 0 Å². The third-order valence-corrected chi connectivity index (χ3v) is 5.56. The van der Waals surface area contributed by atoms with Crippen molar-refractivity contribution in [1.82, 2.24) is 9.97 Å². The lowest BCUT2D eigenvalue weighted by atomic mass is 10.2. The van der Waals surface area contributed by atoms with E-state index in [1.54, 1.807) is 30.5 Å². The van der Waals surface area contributed by atoms with E-state index in [-0.39, 0.29) is 11.6 Å². The van der Waals surface area contributed by atoms with Gasteiger partial charge in [0.05, 0.1) is 16.2 Å². The summed E-state index contributed by atoms with van der Waals surface area (Å²) in [5.41, 5.74) is -0.931. The molecule has 0 amide bonds. The molecule has 0 saturated carbocycles. The number of hydrogen-bond acceptors (Lipinski definition) is 6. The number of rotatable bonds is 6. The normalized spacial score (nSPS) is 11.6. The average molecular weight is 377 g/mol. The predicted molar refractivity (Wildman–Crippen MR) is 92.2 cm³/mol. The zero-order chi connectivity index (χ0) is 17.9. The number of hydrogen-bond donors (Lipinski definition) is 0. The molecular weight excluding hydrogens is 359 g/mol. The highest BCUT2D eigenvalue weighted by Crippen LogP contribution is 2.42. The zero-order valence-corrected chi connectivity index (χ0v) is 15.4. The number of aromatic nitrogens is 2. The number of thioether (sulfide) groups is 1. The van der Waals surface area contributed by atoms with Crippen molar-refractivity contribution >= 4 is 28.9 Å². The molecule has 0 fully saturated rings. The molecule has 0 unspecified atom stereocenters. The lowest BCUT2D eigenvalue weighted by Crippen LogP contribution is -2.27. The summed E-state index contributed by atoms with van der Waals surface area (Å²) in [4.78, 5) is 10.5. The standard InChI is InChI=1S/C15H18F3N3OS2/c1-5-21(6-2)13-11(15(16,17)18)14(22-3)20-12(19-13)9-7-8-10(23-4)24-9/h7-8H,5-6H2,1-4H3. The van der Waals surface area contributed by atoms with Gasteiger partial charge >= 0.3 is 6.18 Å². The maximum absolute atomic E-state index is 13.5. The first-order valence-corrected chi connectivity index (χ1v) is 9.32. The highest BCUT2D eigenvalue weighted by Gasteiger charge is 2.41. The monoisotopic (exact) mass is 377 g/mol. The van der Waals surface area contributed by atoms with Gasteiger partial charge in [-0.1, -0.05) is 0 Å². The van der Waals surface area contributed by atoms with E-state index in [2.05, 4.69) is 9.97 Å². The van der Waals surface area contributed by atoms with Crippen LogP contribution in [0, 0.1) is 0 Å². The van der Waals surface area contributed by atoms with Gasteiger partial charge in [-0.05, 0) is 32.2 Å². The zero-order valence-electron chi connectivity index (χ0n) is 13.8. The van der Waals surface area contributed by atoms with Crippen LogP contribution in [0.15, 0.2) is 16.3 Å². The van der Waals surface area contributed by atoms with Gasteiger partial charge in [0.1, 0.15) is 5.82 Å². The summed E-state index contributed by atoms with van der Waals surface area (Å²) in [5.74, 6) is -0.353. The van der Waals surface area contributed by atoms with Crippen LogP contribution in [0.4, 0.5) is 19.0 Å². The molecule has 0 N–H and O–H groups in total. The van der Waals surface area contributed by atoms with Crippen LogP contribution >= 0.6 is 23.1 Å². The number of nitrogens with zero attached hydrogens (tertiary/aromatic N) is 3. The van der Waals surface area contributed by atoms with Crippen LogP contribution in [0.2, 0.25) is 0 Å². The van der Waals surface area contributed by atoms with Crippen molar-refractivity contribution in [3.63, 3.8) is 0 Å². The molecule has 24 heavy (non-hydrogen) atoms. The first-order chi connectivity index (χ1) is 11.3. The molecule has 2 aromatic heterocycles. The molecule has 0 spiro atoms. The second-order valence-electron chi connectivity index (χ2n) is 4.75. The summed E-state index contributed by atoms with van der Waals surface area (Å²) in [5, 5.41) is 0. The molecule has 0 aromatic carbocycles. The third-order valence-electron chi connectivity index (χ3n) is 3.40. The summed E-state index contributed by atoms with van der Waals surface area (Å²) >= 11 is 3.00. The molecule has 0 radical (unpaired) electrons. The number of halogens is 3. The van der Waals surface area contributed by atoms with E-state index in [1.165, 1.54) is 18.4 Å². The van der Waals surface area contributed by atoms with E-state index in [0.29, 0.717) is 18.0 Å². The molecule has 2 heterocycles. The third kappa shape index (κ3) is 3.77. The second kappa shape index (κ2) is 7.60. The maximum atomic E-state index is 13.5. The molecule has 0 bridgehead atoms. The molecule has 0 saturated heterocycles. The van der Waals surface area contributed by atoms with Gasteiger partial charge in [0.25, 0.3) is 0 Å². The number of anilines is 1. The molecule has 0 aliphatic carbocycles. The molecule has 0 atom stereocenters. The number of ether oxygens (including phenoxy) is 1. The smallest absolute Gasteiger partial charge is 0.425 e. The van der Waals surface area contributed by atoms with Gasteiger partial charge in [-0.25, -0.2) is 4.98 Å². The molecule has 2 rings (SSSR count).